The largest absolute Gasteiger partial charge is 0.494 e. The predicted octanol–water partition coefficient (Wildman–Crippen LogP) is 3.95. The normalized spacial score (nSPS) is 19.4. The lowest BCUT2D eigenvalue weighted by atomic mass is 10.00. The number of likely N-dealkylation sites (N-methyl/N-ethyl adjacent to an activating group) is 2. The molecule has 3 aliphatic rings. The van der Waals surface area contributed by atoms with Gasteiger partial charge in [-0.05, 0) is 49.9 Å². The van der Waals surface area contributed by atoms with Gasteiger partial charge >= 0.3 is 12.0 Å². The van der Waals surface area contributed by atoms with Crippen molar-refractivity contribution in [3.63, 3.8) is 0 Å². The van der Waals surface area contributed by atoms with E-state index in [-0.39, 0.29) is 47.9 Å². The second-order valence-corrected chi connectivity index (χ2v) is 13.1. The van der Waals surface area contributed by atoms with Crippen molar-refractivity contribution >= 4 is 58.3 Å². The Labute approximate surface area is 297 Å². The first-order valence-corrected chi connectivity index (χ1v) is 16.6. The Bertz CT molecular complexity index is 1920. The fraction of sp³-hybridized carbons (Fsp3) is 0.351. The number of aliphatic imine (C=N–C) groups is 1. The minimum atomic E-state index is -0.545. The number of aromatic hydroxyl groups is 1. The molecule has 50 heavy (non-hydrogen) atoms. The monoisotopic (exact) mass is 699 g/mol. The lowest BCUT2D eigenvalue weighted by molar-refractivity contribution is -0.119. The van der Waals surface area contributed by atoms with Gasteiger partial charge in [0, 0.05) is 75.0 Å². The van der Waals surface area contributed by atoms with E-state index in [0.717, 1.165) is 43.9 Å². The van der Waals surface area contributed by atoms with Crippen LogP contribution < -0.4 is 10.2 Å². The maximum Gasteiger partial charge on any atom is 0.337 e. The zero-order chi connectivity index (χ0) is 34.2. The first-order chi connectivity index (χ1) is 23.7. The summed E-state index contributed by atoms with van der Waals surface area (Å²) in [5, 5.41) is 16.0. The van der Waals surface area contributed by atoms with E-state index in [1.165, 1.54) is 11.7 Å². The number of carbonyl (C=O) groups is 3. The maximum absolute atomic E-state index is 14.2. The molecule has 0 aliphatic carbocycles. The van der Waals surface area contributed by atoms with Crippen molar-refractivity contribution in [3.8, 4) is 5.88 Å². The molecule has 3 aliphatic heterocycles. The number of benzene rings is 3. The molecule has 13 heteroatoms. The fourth-order valence-electron chi connectivity index (χ4n) is 7.06. The van der Waals surface area contributed by atoms with Gasteiger partial charge in [0.25, 0.3) is 0 Å². The number of esters is 1. The number of aromatic nitrogens is 1. The molecular weight excluding hydrogens is 658 g/mol. The molecule has 0 saturated carbocycles. The number of piperazine rings is 2. The van der Waals surface area contributed by atoms with Gasteiger partial charge in [-0.2, -0.15) is 0 Å². The summed E-state index contributed by atoms with van der Waals surface area (Å²) in [5.41, 5.74) is 3.55. The van der Waals surface area contributed by atoms with Gasteiger partial charge in [0.2, 0.25) is 11.8 Å². The second kappa shape index (κ2) is 14.6. The number of nitrogens with zero attached hydrogens (tertiary/aromatic N) is 6. The van der Waals surface area contributed by atoms with Crippen molar-refractivity contribution in [2.75, 3.05) is 71.9 Å². The lowest BCUT2D eigenvalue weighted by Gasteiger charge is -2.32. The zero-order valence-corrected chi connectivity index (χ0v) is 29.2. The van der Waals surface area contributed by atoms with E-state index in [2.05, 4.69) is 22.2 Å². The summed E-state index contributed by atoms with van der Waals surface area (Å²) in [6.45, 7) is 5.20. The number of methoxy groups -OCH3 is 1. The van der Waals surface area contributed by atoms with Crippen LogP contribution in [0.4, 0.5) is 16.2 Å². The molecule has 2 N–H and O–H groups in total. The number of likely N-dealkylation sites (tertiary alicyclic amines) is 1. The van der Waals surface area contributed by atoms with Crippen LogP contribution >= 0.6 is 12.4 Å². The topological polar surface area (TPSA) is 123 Å². The third-order valence-corrected chi connectivity index (χ3v) is 9.95. The number of nitrogens with one attached hydrogen (secondary N) is 1. The average molecular weight is 700 g/mol. The summed E-state index contributed by atoms with van der Waals surface area (Å²) < 4.78 is 6.27. The standard InChI is InChI=1S/C37H41N7O5.ClH/c1-40-15-17-42(18-16-40)23-32(45)41(2)28-12-10-26(11-13-28)39-34(24-7-5-4-6-8-24)33-30-14-9-25(36(47)49-3)19-31(30)44(35(33)46)37(48)43-22-27-20-29(43)21-38-27;/h4-14,19,27,29,38,46H,15-18,20-23H2,1-3H3;1H/t27-,29-;/m0./s1. The van der Waals surface area contributed by atoms with Gasteiger partial charge in [-0.15, -0.1) is 12.4 Å². The molecule has 3 fully saturated rings. The summed E-state index contributed by atoms with van der Waals surface area (Å²) in [6, 6.07) is 21.7. The number of fused-ring (bicyclic) bond motifs is 3. The molecule has 0 spiro atoms. The molecule has 2 atom stereocenters. The number of rotatable bonds is 7. The molecule has 12 nitrogen and oxygen atoms in total. The van der Waals surface area contributed by atoms with Crippen molar-refractivity contribution in [2.24, 2.45) is 4.99 Å². The Kier molecular flexibility index (Phi) is 10.3. The lowest BCUT2D eigenvalue weighted by Crippen LogP contribution is -2.48. The van der Waals surface area contributed by atoms with Crippen LogP contribution in [0.2, 0.25) is 0 Å². The third kappa shape index (κ3) is 6.71. The van der Waals surface area contributed by atoms with Gasteiger partial charge in [-0.25, -0.2) is 19.1 Å². The van der Waals surface area contributed by atoms with E-state index in [4.69, 9.17) is 9.73 Å². The van der Waals surface area contributed by atoms with E-state index in [1.807, 2.05) is 54.6 Å². The minimum Gasteiger partial charge on any atom is -0.494 e. The highest BCUT2D eigenvalue weighted by Crippen LogP contribution is 2.37. The highest BCUT2D eigenvalue weighted by molar-refractivity contribution is 6.23. The van der Waals surface area contributed by atoms with Gasteiger partial charge in [0.05, 0.1) is 41.7 Å². The number of hydrogen-bond donors (Lipinski definition) is 2. The Morgan fingerprint density at radius 1 is 0.980 bits per heavy atom. The van der Waals surface area contributed by atoms with Crippen molar-refractivity contribution in [1.29, 1.82) is 0 Å². The second-order valence-electron chi connectivity index (χ2n) is 13.1. The number of ether oxygens (including phenoxy) is 1. The zero-order valence-electron chi connectivity index (χ0n) is 28.4. The van der Waals surface area contributed by atoms with Gasteiger partial charge in [-0.1, -0.05) is 36.4 Å². The van der Waals surface area contributed by atoms with Crippen molar-refractivity contribution in [3.05, 3.63) is 89.5 Å². The van der Waals surface area contributed by atoms with Crippen LogP contribution in [0.15, 0.2) is 77.8 Å². The summed E-state index contributed by atoms with van der Waals surface area (Å²) in [6.07, 6.45) is 0.856. The molecule has 4 aromatic rings. The van der Waals surface area contributed by atoms with Crippen LogP contribution in [0.25, 0.3) is 10.9 Å². The molecule has 262 valence electrons. The van der Waals surface area contributed by atoms with Crippen LogP contribution in [0, 0.1) is 0 Å². The number of anilines is 1. The van der Waals surface area contributed by atoms with Gasteiger partial charge in [-0.3, -0.25) is 9.69 Å². The summed E-state index contributed by atoms with van der Waals surface area (Å²) in [5.74, 6) is -0.788. The minimum absolute atomic E-state index is 0. The molecule has 3 aromatic carbocycles. The van der Waals surface area contributed by atoms with E-state index >= 15 is 0 Å². The molecular formula is C37H42ClN7O5. The summed E-state index contributed by atoms with van der Waals surface area (Å²) >= 11 is 0. The Morgan fingerprint density at radius 3 is 2.34 bits per heavy atom. The number of halogens is 1. The van der Waals surface area contributed by atoms with Crippen LogP contribution in [0.3, 0.4) is 0 Å². The van der Waals surface area contributed by atoms with Crippen molar-refractivity contribution in [2.45, 2.75) is 18.5 Å². The molecule has 0 radical (unpaired) electrons. The van der Waals surface area contributed by atoms with Crippen molar-refractivity contribution in [1.82, 2.24) is 24.6 Å². The van der Waals surface area contributed by atoms with Crippen LogP contribution in [0.5, 0.6) is 5.88 Å². The van der Waals surface area contributed by atoms with E-state index in [9.17, 15) is 19.5 Å². The van der Waals surface area contributed by atoms with Crippen LogP contribution in [-0.2, 0) is 9.53 Å². The molecule has 3 saturated heterocycles. The van der Waals surface area contributed by atoms with E-state index < -0.39 is 5.97 Å². The Hall–Kier alpha value is -4.75. The summed E-state index contributed by atoms with van der Waals surface area (Å²) in [4.78, 5) is 52.8. The highest BCUT2D eigenvalue weighted by Gasteiger charge is 2.42. The number of carbonyl (C=O) groups excluding carboxylic acids is 3. The molecule has 0 unspecified atom stereocenters. The molecule has 2 amide bonds. The van der Waals surface area contributed by atoms with E-state index in [0.29, 0.717) is 47.5 Å². The van der Waals surface area contributed by atoms with Gasteiger partial charge in [0.15, 0.2) is 0 Å². The van der Waals surface area contributed by atoms with Crippen LogP contribution in [0.1, 0.15) is 27.9 Å². The van der Waals surface area contributed by atoms with Crippen molar-refractivity contribution < 1.29 is 24.2 Å². The fourth-order valence-corrected chi connectivity index (χ4v) is 7.06. The molecule has 1 aromatic heterocycles. The van der Waals surface area contributed by atoms with Gasteiger partial charge in [0.1, 0.15) is 0 Å². The van der Waals surface area contributed by atoms with Gasteiger partial charge < -0.3 is 29.9 Å². The summed E-state index contributed by atoms with van der Waals surface area (Å²) in [7, 11) is 5.18. The van der Waals surface area contributed by atoms with E-state index in [1.54, 1.807) is 35.0 Å². The molecule has 2 bridgehead atoms. The average Bonchev–Trinajstić information content (AvgIpc) is 3.84. The molecule has 7 rings (SSSR count). The third-order valence-electron chi connectivity index (χ3n) is 9.95. The number of hydrogen-bond acceptors (Lipinski definition) is 9. The molecule has 4 heterocycles. The SMILES string of the molecule is COC(=O)c1ccc2c(C(=Nc3ccc(N(C)C(=O)CN4CCN(C)CC4)cc3)c3ccccc3)c(O)n(C(=O)N3C[C@@H]4C[C@H]3CN4)c2c1.Cl. The van der Waals surface area contributed by atoms with Crippen LogP contribution in [-0.4, -0.2) is 127 Å². The quantitative estimate of drug-likeness (QED) is 0.220. The first-order valence-electron chi connectivity index (χ1n) is 16.6. The highest BCUT2D eigenvalue weighted by atomic mass is 35.5. The predicted molar refractivity (Wildman–Crippen MR) is 195 cm³/mol. The Morgan fingerprint density at radius 2 is 1.70 bits per heavy atom. The maximum atomic E-state index is 14.2. The first kappa shape index (κ1) is 35.1. The number of amides is 2. The smallest absolute Gasteiger partial charge is 0.337 e. The Balaban J connectivity index is 0.00000432.